The van der Waals surface area contributed by atoms with Crippen molar-refractivity contribution in [2.45, 2.75) is 6.04 Å². The standard InChI is InChI=1S/C18H22N4O/c1-20(2)13-17(15-8-6-5-7-9-15)22(4)18(23)16-10-14(11-19)12-21(16)3/h5-10,12,17H,13H2,1-4H3/t17-/m1/s1. The molecule has 5 nitrogen and oxygen atoms in total. The van der Waals surface area contributed by atoms with E-state index in [9.17, 15) is 4.79 Å². The molecule has 5 heteroatoms. The molecule has 1 heterocycles. The van der Waals surface area contributed by atoms with Gasteiger partial charge in [-0.2, -0.15) is 5.26 Å². The summed E-state index contributed by atoms with van der Waals surface area (Å²) < 4.78 is 1.70. The SMILES string of the molecule is CN(C)C[C@H](c1ccccc1)N(C)C(=O)c1cc(C#N)cn1C. The molecule has 1 atom stereocenters. The van der Waals surface area contributed by atoms with Gasteiger partial charge < -0.3 is 14.4 Å². The maximum absolute atomic E-state index is 12.9. The number of amides is 1. The molecular weight excluding hydrogens is 288 g/mol. The first-order chi connectivity index (χ1) is 10.9. The molecule has 1 aromatic carbocycles. The van der Waals surface area contributed by atoms with Gasteiger partial charge in [0.05, 0.1) is 11.6 Å². The van der Waals surface area contributed by atoms with Gasteiger partial charge >= 0.3 is 0 Å². The van der Waals surface area contributed by atoms with Crippen LogP contribution < -0.4 is 0 Å². The number of hydrogen-bond acceptors (Lipinski definition) is 3. The van der Waals surface area contributed by atoms with Crippen molar-refractivity contribution in [3.05, 3.63) is 59.4 Å². The zero-order valence-corrected chi connectivity index (χ0v) is 14.0. The van der Waals surface area contributed by atoms with E-state index < -0.39 is 0 Å². The molecule has 0 unspecified atom stereocenters. The first-order valence-corrected chi connectivity index (χ1v) is 7.47. The van der Waals surface area contributed by atoms with Gasteiger partial charge in [0, 0.05) is 26.8 Å². The molecule has 120 valence electrons. The Morgan fingerprint density at radius 3 is 2.43 bits per heavy atom. The fourth-order valence-corrected chi connectivity index (χ4v) is 2.63. The molecule has 0 spiro atoms. The Kier molecular flexibility index (Phi) is 5.20. The second-order valence-corrected chi connectivity index (χ2v) is 5.94. The molecule has 1 aromatic heterocycles. The number of rotatable bonds is 5. The number of nitrogens with zero attached hydrogens (tertiary/aromatic N) is 4. The highest BCUT2D eigenvalue weighted by atomic mass is 16.2. The molecular formula is C18H22N4O. The smallest absolute Gasteiger partial charge is 0.270 e. The lowest BCUT2D eigenvalue weighted by atomic mass is 10.0. The molecule has 0 saturated heterocycles. The van der Waals surface area contributed by atoms with Crippen LogP contribution in [0.25, 0.3) is 0 Å². The lowest BCUT2D eigenvalue weighted by Crippen LogP contribution is -2.37. The summed E-state index contributed by atoms with van der Waals surface area (Å²) in [4.78, 5) is 16.7. The lowest BCUT2D eigenvalue weighted by Gasteiger charge is -2.31. The molecule has 0 radical (unpaired) electrons. The van der Waals surface area contributed by atoms with Gasteiger partial charge in [-0.05, 0) is 25.7 Å². The van der Waals surface area contributed by atoms with Gasteiger partial charge in [-0.25, -0.2) is 0 Å². The highest BCUT2D eigenvalue weighted by Gasteiger charge is 2.25. The minimum absolute atomic E-state index is 0.0564. The number of aromatic nitrogens is 1. The number of aryl methyl sites for hydroxylation is 1. The summed E-state index contributed by atoms with van der Waals surface area (Å²) in [6.45, 7) is 0.724. The highest BCUT2D eigenvalue weighted by molar-refractivity contribution is 5.93. The topological polar surface area (TPSA) is 52.3 Å². The Labute approximate surface area is 137 Å². The lowest BCUT2D eigenvalue weighted by molar-refractivity contribution is 0.0695. The van der Waals surface area contributed by atoms with Crippen molar-refractivity contribution in [3.8, 4) is 6.07 Å². The maximum Gasteiger partial charge on any atom is 0.270 e. The summed E-state index contributed by atoms with van der Waals surface area (Å²) in [5, 5.41) is 9.01. The van der Waals surface area contributed by atoms with Crippen LogP contribution in [0, 0.1) is 11.3 Å². The summed E-state index contributed by atoms with van der Waals surface area (Å²) >= 11 is 0. The van der Waals surface area contributed by atoms with Crippen molar-refractivity contribution in [1.82, 2.24) is 14.4 Å². The van der Waals surface area contributed by atoms with E-state index in [1.54, 1.807) is 28.8 Å². The van der Waals surface area contributed by atoms with Crippen molar-refractivity contribution in [2.75, 3.05) is 27.7 Å². The van der Waals surface area contributed by atoms with Crippen LogP contribution in [0.2, 0.25) is 0 Å². The van der Waals surface area contributed by atoms with Gasteiger partial charge in [0.1, 0.15) is 11.8 Å². The first kappa shape index (κ1) is 16.8. The van der Waals surface area contributed by atoms with Crippen LogP contribution >= 0.6 is 0 Å². The van der Waals surface area contributed by atoms with E-state index in [0.717, 1.165) is 12.1 Å². The summed E-state index contributed by atoms with van der Waals surface area (Å²) in [5.74, 6) is -0.0929. The fraction of sp³-hybridized carbons (Fsp3) is 0.333. The molecule has 0 aliphatic heterocycles. The Morgan fingerprint density at radius 1 is 1.26 bits per heavy atom. The predicted molar refractivity (Wildman–Crippen MR) is 90.0 cm³/mol. The third-order valence-corrected chi connectivity index (χ3v) is 3.86. The van der Waals surface area contributed by atoms with E-state index in [0.29, 0.717) is 11.3 Å². The van der Waals surface area contributed by atoms with Crippen LogP contribution in [-0.4, -0.2) is 48.0 Å². The molecule has 0 saturated carbocycles. The molecule has 0 aliphatic carbocycles. The third-order valence-electron chi connectivity index (χ3n) is 3.86. The summed E-state index contributed by atoms with van der Waals surface area (Å²) in [6.07, 6.45) is 1.67. The second-order valence-electron chi connectivity index (χ2n) is 5.94. The Bertz CT molecular complexity index is 712. The minimum atomic E-state index is -0.0929. The van der Waals surface area contributed by atoms with Gasteiger partial charge in [0.25, 0.3) is 5.91 Å². The van der Waals surface area contributed by atoms with Crippen LogP contribution in [0.4, 0.5) is 0 Å². The number of likely N-dealkylation sites (N-methyl/N-ethyl adjacent to an activating group) is 2. The monoisotopic (exact) mass is 310 g/mol. The molecule has 23 heavy (non-hydrogen) atoms. The van der Waals surface area contributed by atoms with Crippen molar-refractivity contribution in [3.63, 3.8) is 0 Å². The maximum atomic E-state index is 12.9. The van der Waals surface area contributed by atoms with E-state index in [1.165, 1.54) is 0 Å². The normalized spacial score (nSPS) is 12.0. The fourth-order valence-electron chi connectivity index (χ4n) is 2.63. The molecule has 2 aromatic rings. The van der Waals surface area contributed by atoms with Crippen LogP contribution in [0.1, 0.15) is 27.7 Å². The summed E-state index contributed by atoms with van der Waals surface area (Å²) in [5.41, 5.74) is 2.10. The van der Waals surface area contributed by atoms with E-state index in [4.69, 9.17) is 5.26 Å². The van der Waals surface area contributed by atoms with E-state index in [-0.39, 0.29) is 11.9 Å². The van der Waals surface area contributed by atoms with Gasteiger partial charge in [-0.1, -0.05) is 30.3 Å². The quantitative estimate of drug-likeness (QED) is 0.851. The van der Waals surface area contributed by atoms with Crippen LogP contribution in [0.15, 0.2) is 42.6 Å². The number of carbonyl (C=O) groups excluding carboxylic acids is 1. The van der Waals surface area contributed by atoms with Crippen LogP contribution in [0.5, 0.6) is 0 Å². The predicted octanol–water partition coefficient (Wildman–Crippen LogP) is 2.27. The number of carbonyl (C=O) groups is 1. The zero-order chi connectivity index (χ0) is 17.0. The number of hydrogen-bond donors (Lipinski definition) is 0. The molecule has 0 fully saturated rings. The van der Waals surface area contributed by atoms with E-state index in [2.05, 4.69) is 11.0 Å². The Hall–Kier alpha value is -2.58. The summed E-state index contributed by atoms with van der Waals surface area (Å²) in [7, 11) is 7.57. The molecule has 0 N–H and O–H groups in total. The molecule has 0 bridgehead atoms. The van der Waals surface area contributed by atoms with Crippen LogP contribution in [0.3, 0.4) is 0 Å². The molecule has 0 aliphatic rings. The average molecular weight is 310 g/mol. The first-order valence-electron chi connectivity index (χ1n) is 7.47. The van der Waals surface area contributed by atoms with E-state index >= 15 is 0 Å². The van der Waals surface area contributed by atoms with Crippen molar-refractivity contribution in [2.24, 2.45) is 7.05 Å². The van der Waals surface area contributed by atoms with E-state index in [1.807, 2.05) is 51.5 Å². The second kappa shape index (κ2) is 7.12. The van der Waals surface area contributed by atoms with Crippen LogP contribution in [-0.2, 0) is 7.05 Å². The van der Waals surface area contributed by atoms with Crippen molar-refractivity contribution >= 4 is 5.91 Å². The molecule has 1 amide bonds. The highest BCUT2D eigenvalue weighted by Crippen LogP contribution is 2.22. The van der Waals surface area contributed by atoms with Crippen molar-refractivity contribution < 1.29 is 4.79 Å². The average Bonchev–Trinajstić information content (AvgIpc) is 2.93. The van der Waals surface area contributed by atoms with Gasteiger partial charge in [-0.15, -0.1) is 0 Å². The summed E-state index contributed by atoms with van der Waals surface area (Å²) in [6, 6.07) is 13.6. The largest absolute Gasteiger partial charge is 0.345 e. The zero-order valence-electron chi connectivity index (χ0n) is 14.0. The van der Waals surface area contributed by atoms with Gasteiger partial charge in [0.2, 0.25) is 0 Å². The third kappa shape index (κ3) is 3.79. The number of benzene rings is 1. The Balaban J connectivity index is 2.33. The van der Waals surface area contributed by atoms with Gasteiger partial charge in [-0.3, -0.25) is 4.79 Å². The van der Waals surface area contributed by atoms with Gasteiger partial charge in [0.15, 0.2) is 0 Å². The Morgan fingerprint density at radius 2 is 1.91 bits per heavy atom. The number of nitriles is 1. The van der Waals surface area contributed by atoms with Crippen molar-refractivity contribution in [1.29, 1.82) is 5.26 Å². The minimum Gasteiger partial charge on any atom is -0.345 e. The molecule has 2 rings (SSSR count).